The van der Waals surface area contributed by atoms with E-state index in [0.717, 1.165) is 23.7 Å². The first-order valence-electron chi connectivity index (χ1n) is 7.14. The summed E-state index contributed by atoms with van der Waals surface area (Å²) >= 11 is 3.76. The van der Waals surface area contributed by atoms with Crippen LogP contribution in [0.5, 0.6) is 0 Å². The lowest BCUT2D eigenvalue weighted by Gasteiger charge is -2.34. The summed E-state index contributed by atoms with van der Waals surface area (Å²) in [5.74, 6) is 1.12. The predicted molar refractivity (Wildman–Crippen MR) is 76.8 cm³/mol. The van der Waals surface area contributed by atoms with Crippen LogP contribution in [0.4, 0.5) is 0 Å². The topological polar surface area (TPSA) is 16.4 Å². The third-order valence-electron chi connectivity index (χ3n) is 4.49. The van der Waals surface area contributed by atoms with Crippen LogP contribution >= 0.6 is 15.9 Å². The first-order chi connectivity index (χ1) is 8.81. The van der Waals surface area contributed by atoms with E-state index >= 15 is 0 Å². The van der Waals surface area contributed by atoms with Crippen molar-refractivity contribution in [2.24, 2.45) is 5.41 Å². The Morgan fingerprint density at radius 2 is 2.11 bits per heavy atom. The Morgan fingerprint density at radius 1 is 1.33 bits per heavy atom. The molecule has 1 aromatic rings. The molecule has 2 saturated carbocycles. The second kappa shape index (κ2) is 5.38. The van der Waals surface area contributed by atoms with Crippen LogP contribution in [0.25, 0.3) is 0 Å². The van der Waals surface area contributed by atoms with Crippen molar-refractivity contribution in [1.29, 1.82) is 0 Å². The van der Waals surface area contributed by atoms with E-state index in [0.29, 0.717) is 5.41 Å². The minimum absolute atomic E-state index is 0.523. The van der Waals surface area contributed by atoms with Gasteiger partial charge in [-0.05, 0) is 43.2 Å². The zero-order valence-electron chi connectivity index (χ0n) is 10.9. The Balaban J connectivity index is 1.66. The summed E-state index contributed by atoms with van der Waals surface area (Å²) in [5.41, 5.74) is 0.523. The van der Waals surface area contributed by atoms with Gasteiger partial charge in [0.25, 0.3) is 0 Å². The quantitative estimate of drug-likeness (QED) is 0.732. The average molecular weight is 312 g/mol. The van der Waals surface area contributed by atoms with Gasteiger partial charge in [0.2, 0.25) is 0 Å². The average Bonchev–Trinajstić information content (AvgIpc) is 2.92. The van der Waals surface area contributed by atoms with Gasteiger partial charge >= 0.3 is 0 Å². The molecule has 0 unspecified atom stereocenters. The van der Waals surface area contributed by atoms with Crippen LogP contribution in [0.3, 0.4) is 0 Å². The van der Waals surface area contributed by atoms with E-state index in [-0.39, 0.29) is 0 Å². The largest absolute Gasteiger partial charge is 0.468 e. The summed E-state index contributed by atoms with van der Waals surface area (Å²) < 4.78 is 5.52. The van der Waals surface area contributed by atoms with Gasteiger partial charge in [-0.3, -0.25) is 4.90 Å². The third kappa shape index (κ3) is 2.83. The summed E-state index contributed by atoms with van der Waals surface area (Å²) in [4.78, 5) is 2.66. The minimum Gasteiger partial charge on any atom is -0.468 e. The van der Waals surface area contributed by atoms with E-state index in [1.165, 1.54) is 45.1 Å². The molecule has 0 aliphatic heterocycles. The molecule has 2 fully saturated rings. The molecule has 0 radical (unpaired) electrons. The second-order valence-corrected chi connectivity index (χ2v) is 6.62. The maximum absolute atomic E-state index is 5.52. The Kier molecular flexibility index (Phi) is 3.81. The number of rotatable bonds is 6. The fourth-order valence-corrected chi connectivity index (χ4v) is 3.98. The zero-order chi connectivity index (χ0) is 12.4. The SMILES string of the molecule is BrCC1(CN(Cc2ccco2)C2CC2)CCCC1. The van der Waals surface area contributed by atoms with E-state index in [1.807, 2.05) is 6.07 Å². The predicted octanol–water partition coefficient (Wildman–Crippen LogP) is 4.20. The highest BCUT2D eigenvalue weighted by Crippen LogP contribution is 2.42. The molecule has 3 heteroatoms. The van der Waals surface area contributed by atoms with E-state index in [4.69, 9.17) is 4.42 Å². The lowest BCUT2D eigenvalue weighted by atomic mass is 9.88. The zero-order valence-corrected chi connectivity index (χ0v) is 12.5. The van der Waals surface area contributed by atoms with Crippen molar-refractivity contribution in [2.75, 3.05) is 11.9 Å². The van der Waals surface area contributed by atoms with Gasteiger partial charge in [0.05, 0.1) is 12.8 Å². The normalized spacial score (nSPS) is 22.8. The molecule has 0 bridgehead atoms. The third-order valence-corrected chi connectivity index (χ3v) is 5.68. The highest BCUT2D eigenvalue weighted by atomic mass is 79.9. The molecule has 2 aliphatic carbocycles. The molecule has 1 heterocycles. The van der Waals surface area contributed by atoms with Gasteiger partial charge in [0.1, 0.15) is 5.76 Å². The maximum Gasteiger partial charge on any atom is 0.117 e. The summed E-state index contributed by atoms with van der Waals surface area (Å²) in [7, 11) is 0. The fraction of sp³-hybridized carbons (Fsp3) is 0.733. The van der Waals surface area contributed by atoms with Crippen molar-refractivity contribution in [3.8, 4) is 0 Å². The standard InChI is InChI=1S/C15H22BrNO/c16-11-15(7-1-2-8-15)12-17(13-5-6-13)10-14-4-3-9-18-14/h3-4,9,13H,1-2,5-8,10-12H2. The van der Waals surface area contributed by atoms with E-state index in [2.05, 4.69) is 26.9 Å². The first-order valence-corrected chi connectivity index (χ1v) is 8.26. The van der Waals surface area contributed by atoms with Gasteiger partial charge in [-0.25, -0.2) is 0 Å². The number of nitrogens with zero attached hydrogens (tertiary/aromatic N) is 1. The molecule has 0 saturated heterocycles. The van der Waals surface area contributed by atoms with Crippen LogP contribution in [-0.4, -0.2) is 22.8 Å². The second-order valence-electron chi connectivity index (χ2n) is 6.06. The summed E-state index contributed by atoms with van der Waals surface area (Å²) in [6, 6.07) is 4.91. The van der Waals surface area contributed by atoms with Crippen LogP contribution in [0.1, 0.15) is 44.3 Å². The van der Waals surface area contributed by atoms with E-state index in [9.17, 15) is 0 Å². The van der Waals surface area contributed by atoms with Crippen LogP contribution in [0.15, 0.2) is 22.8 Å². The lowest BCUT2D eigenvalue weighted by molar-refractivity contribution is 0.148. The molecule has 18 heavy (non-hydrogen) atoms. The van der Waals surface area contributed by atoms with Crippen LogP contribution in [0.2, 0.25) is 0 Å². The number of hydrogen-bond acceptors (Lipinski definition) is 2. The van der Waals surface area contributed by atoms with E-state index < -0.39 is 0 Å². The molecule has 0 atom stereocenters. The summed E-state index contributed by atoms with van der Waals surface area (Å²) in [5, 5.41) is 1.15. The summed E-state index contributed by atoms with van der Waals surface area (Å²) in [6.07, 6.45) is 10.1. The molecule has 2 aliphatic rings. The fourth-order valence-electron chi connectivity index (χ4n) is 3.25. The maximum atomic E-state index is 5.52. The molecule has 3 rings (SSSR count). The molecule has 1 aromatic heterocycles. The number of furan rings is 1. The lowest BCUT2D eigenvalue weighted by Crippen LogP contribution is -2.38. The smallest absolute Gasteiger partial charge is 0.117 e. The van der Waals surface area contributed by atoms with Gasteiger partial charge in [-0.2, -0.15) is 0 Å². The Labute approximate surface area is 118 Å². The monoisotopic (exact) mass is 311 g/mol. The minimum atomic E-state index is 0.523. The molecular weight excluding hydrogens is 290 g/mol. The molecule has 0 spiro atoms. The number of hydrogen-bond donors (Lipinski definition) is 0. The highest BCUT2D eigenvalue weighted by molar-refractivity contribution is 9.09. The van der Waals surface area contributed by atoms with Gasteiger partial charge in [-0.1, -0.05) is 28.8 Å². The van der Waals surface area contributed by atoms with Gasteiger partial charge < -0.3 is 4.42 Å². The van der Waals surface area contributed by atoms with Crippen molar-refractivity contribution in [3.63, 3.8) is 0 Å². The highest BCUT2D eigenvalue weighted by Gasteiger charge is 2.39. The molecule has 0 amide bonds. The van der Waals surface area contributed by atoms with Crippen LogP contribution < -0.4 is 0 Å². The summed E-state index contributed by atoms with van der Waals surface area (Å²) in [6.45, 7) is 2.23. The molecule has 0 aromatic carbocycles. The van der Waals surface area contributed by atoms with Crippen molar-refractivity contribution in [1.82, 2.24) is 4.90 Å². The molecular formula is C15H22BrNO. The molecule has 100 valence electrons. The van der Waals surface area contributed by atoms with Crippen molar-refractivity contribution < 1.29 is 4.42 Å². The van der Waals surface area contributed by atoms with Crippen LogP contribution in [0, 0.1) is 5.41 Å². The Bertz CT molecular complexity index is 366. The Hall–Kier alpha value is -0.280. The van der Waals surface area contributed by atoms with Gasteiger partial charge in [0, 0.05) is 17.9 Å². The molecule has 0 N–H and O–H groups in total. The van der Waals surface area contributed by atoms with Crippen molar-refractivity contribution in [2.45, 2.75) is 51.1 Å². The van der Waals surface area contributed by atoms with Gasteiger partial charge in [0.15, 0.2) is 0 Å². The first kappa shape index (κ1) is 12.7. The van der Waals surface area contributed by atoms with Crippen molar-refractivity contribution in [3.05, 3.63) is 24.2 Å². The number of halogens is 1. The van der Waals surface area contributed by atoms with E-state index in [1.54, 1.807) is 6.26 Å². The van der Waals surface area contributed by atoms with Gasteiger partial charge in [-0.15, -0.1) is 0 Å². The molecule has 2 nitrogen and oxygen atoms in total. The van der Waals surface area contributed by atoms with Crippen LogP contribution in [-0.2, 0) is 6.54 Å². The van der Waals surface area contributed by atoms with Crippen molar-refractivity contribution >= 4 is 15.9 Å². The Morgan fingerprint density at radius 3 is 2.67 bits per heavy atom. The number of alkyl halides is 1.